The number of aromatic nitrogens is 1. The average molecular weight is 449 g/mol. The molecule has 0 fully saturated rings. The lowest BCUT2D eigenvalue weighted by molar-refractivity contribution is 0.0695. The molecule has 1 N–H and O–H groups in total. The molecule has 164 valence electrons. The van der Waals surface area contributed by atoms with Gasteiger partial charge in [0.25, 0.3) is 0 Å². The molecule has 0 unspecified atom stereocenters. The van der Waals surface area contributed by atoms with E-state index in [1.165, 1.54) is 12.1 Å². The molecule has 2 heterocycles. The number of pyridine rings is 1. The molecule has 0 saturated carbocycles. The number of halogens is 3. The molecule has 0 aliphatic carbocycles. The Morgan fingerprint density at radius 2 is 1.70 bits per heavy atom. The molecule has 2 aromatic heterocycles. The van der Waals surface area contributed by atoms with Crippen molar-refractivity contribution >= 4 is 27.8 Å². The maximum atomic E-state index is 15.0. The molecule has 8 heteroatoms. The minimum Gasteiger partial charge on any atom is -0.477 e. The van der Waals surface area contributed by atoms with Crippen molar-refractivity contribution in [3.8, 4) is 11.3 Å². The van der Waals surface area contributed by atoms with E-state index in [0.717, 1.165) is 28.3 Å². The van der Waals surface area contributed by atoms with Crippen molar-refractivity contribution in [3.63, 3.8) is 0 Å². The van der Waals surface area contributed by atoms with Crippen LogP contribution in [0.4, 0.5) is 13.2 Å². The van der Waals surface area contributed by atoms with E-state index in [0.29, 0.717) is 16.9 Å². The van der Waals surface area contributed by atoms with Crippen molar-refractivity contribution in [2.75, 3.05) is 0 Å². The van der Waals surface area contributed by atoms with Crippen LogP contribution in [0, 0.1) is 17.5 Å². The molecule has 3 aromatic carbocycles. The third kappa shape index (κ3) is 3.45. The minimum absolute atomic E-state index is 0.0832. The lowest BCUT2D eigenvalue weighted by Gasteiger charge is -2.14. The van der Waals surface area contributed by atoms with Crippen LogP contribution in [-0.2, 0) is 6.54 Å². The molecular formula is C25H14F3NO4. The molecule has 0 aliphatic rings. The molecule has 5 aromatic rings. The number of rotatable bonds is 4. The number of hydrogen-bond donors (Lipinski definition) is 1. The maximum Gasteiger partial charge on any atom is 0.341 e. The molecular weight excluding hydrogens is 435 g/mol. The Labute approximate surface area is 183 Å². The second-order valence-corrected chi connectivity index (χ2v) is 7.51. The lowest BCUT2D eigenvalue weighted by atomic mass is 10.1. The summed E-state index contributed by atoms with van der Waals surface area (Å²) in [6, 6.07) is 15.0. The Morgan fingerprint density at radius 3 is 2.42 bits per heavy atom. The fourth-order valence-corrected chi connectivity index (χ4v) is 3.87. The van der Waals surface area contributed by atoms with Gasteiger partial charge in [-0.15, -0.1) is 0 Å². The molecule has 0 amide bonds. The first-order chi connectivity index (χ1) is 15.8. The van der Waals surface area contributed by atoms with Crippen LogP contribution in [0.15, 0.2) is 76.1 Å². The molecule has 0 atom stereocenters. The van der Waals surface area contributed by atoms with Crippen molar-refractivity contribution in [1.29, 1.82) is 0 Å². The highest BCUT2D eigenvalue weighted by Crippen LogP contribution is 2.29. The van der Waals surface area contributed by atoms with Gasteiger partial charge in [0.05, 0.1) is 17.4 Å². The minimum atomic E-state index is -1.60. The van der Waals surface area contributed by atoms with Crippen LogP contribution in [0.1, 0.15) is 15.9 Å². The number of nitrogens with zero attached hydrogens (tertiary/aromatic N) is 1. The first kappa shape index (κ1) is 20.6. The first-order valence-electron chi connectivity index (χ1n) is 9.85. The van der Waals surface area contributed by atoms with Gasteiger partial charge in [-0.25, -0.2) is 18.0 Å². The number of hydrogen-bond acceptors (Lipinski definition) is 3. The molecule has 5 nitrogen and oxygen atoms in total. The Balaban J connectivity index is 1.61. The average Bonchev–Trinajstić information content (AvgIpc) is 3.22. The summed E-state index contributed by atoms with van der Waals surface area (Å²) in [4.78, 5) is 23.9. The van der Waals surface area contributed by atoms with E-state index in [1.807, 2.05) is 18.2 Å². The second kappa shape index (κ2) is 7.67. The van der Waals surface area contributed by atoms with E-state index >= 15 is 0 Å². The Hall–Kier alpha value is -4.33. The zero-order valence-electron chi connectivity index (χ0n) is 16.8. The first-order valence-corrected chi connectivity index (χ1v) is 9.85. The van der Waals surface area contributed by atoms with E-state index in [4.69, 9.17) is 4.42 Å². The standard InChI is InChI=1S/C25H14F3NO4/c26-17-7-8-18(27)23-22(17)24(30)16(25(31)32)12-29(23)11-15-6-5-14(9-19(15)28)21-10-13-3-1-2-4-20(13)33-21/h1-10,12H,11H2,(H,31,32). The van der Waals surface area contributed by atoms with Crippen LogP contribution < -0.4 is 5.43 Å². The van der Waals surface area contributed by atoms with Gasteiger partial charge in [-0.05, 0) is 30.3 Å². The Morgan fingerprint density at radius 1 is 0.939 bits per heavy atom. The third-order valence-electron chi connectivity index (χ3n) is 5.46. The summed E-state index contributed by atoms with van der Waals surface area (Å²) in [6.07, 6.45) is 0.891. The van der Waals surface area contributed by atoms with Crippen molar-refractivity contribution < 1.29 is 27.5 Å². The van der Waals surface area contributed by atoms with Crippen LogP contribution in [0.2, 0.25) is 0 Å². The van der Waals surface area contributed by atoms with Gasteiger partial charge in [0.1, 0.15) is 34.4 Å². The van der Waals surface area contributed by atoms with E-state index < -0.39 is 45.3 Å². The zero-order valence-corrected chi connectivity index (χ0v) is 16.8. The van der Waals surface area contributed by atoms with Gasteiger partial charge in [0, 0.05) is 22.7 Å². The number of benzene rings is 3. The highest BCUT2D eigenvalue weighted by molar-refractivity contribution is 5.93. The molecule has 0 radical (unpaired) electrons. The predicted molar refractivity (Wildman–Crippen MR) is 116 cm³/mol. The fourth-order valence-electron chi connectivity index (χ4n) is 3.87. The van der Waals surface area contributed by atoms with Gasteiger partial charge in [-0.3, -0.25) is 4.79 Å². The summed E-state index contributed by atoms with van der Waals surface area (Å²) >= 11 is 0. The summed E-state index contributed by atoms with van der Waals surface area (Å²) < 4.78 is 50.7. The summed E-state index contributed by atoms with van der Waals surface area (Å²) in [5.41, 5.74) is -1.13. The van der Waals surface area contributed by atoms with E-state index in [-0.39, 0.29) is 12.1 Å². The SMILES string of the molecule is O=C(O)c1cn(Cc2ccc(-c3cc4ccccc4o3)cc2F)c2c(F)ccc(F)c2c1=O. The van der Waals surface area contributed by atoms with Crippen LogP contribution in [-0.4, -0.2) is 15.6 Å². The van der Waals surface area contributed by atoms with Crippen LogP contribution in [0.25, 0.3) is 33.2 Å². The number of furan rings is 1. The van der Waals surface area contributed by atoms with Crippen LogP contribution in [0.3, 0.4) is 0 Å². The summed E-state index contributed by atoms with van der Waals surface area (Å²) in [6.45, 7) is -0.330. The van der Waals surface area contributed by atoms with E-state index in [1.54, 1.807) is 18.2 Å². The number of para-hydroxylation sites is 1. The fraction of sp³-hybridized carbons (Fsp3) is 0.0400. The lowest BCUT2D eigenvalue weighted by Crippen LogP contribution is -2.21. The van der Waals surface area contributed by atoms with Crippen molar-refractivity contribution in [2.45, 2.75) is 6.54 Å². The number of carbonyl (C=O) groups is 1. The molecule has 33 heavy (non-hydrogen) atoms. The Kier molecular flexibility index (Phi) is 4.78. The van der Waals surface area contributed by atoms with Crippen molar-refractivity contribution in [3.05, 3.63) is 106 Å². The molecule has 0 saturated heterocycles. The Bertz CT molecular complexity index is 1600. The number of carboxylic acids is 1. The predicted octanol–water partition coefficient (Wildman–Crippen LogP) is 5.58. The highest BCUT2D eigenvalue weighted by Gasteiger charge is 2.21. The van der Waals surface area contributed by atoms with Crippen LogP contribution in [0.5, 0.6) is 0 Å². The summed E-state index contributed by atoms with van der Waals surface area (Å²) in [5, 5.41) is 9.50. The van der Waals surface area contributed by atoms with Gasteiger partial charge in [0.2, 0.25) is 5.43 Å². The quantitative estimate of drug-likeness (QED) is 0.389. The molecule has 0 aliphatic heterocycles. The van der Waals surface area contributed by atoms with Crippen molar-refractivity contribution in [2.24, 2.45) is 0 Å². The summed E-state index contributed by atoms with van der Waals surface area (Å²) in [7, 11) is 0. The maximum absolute atomic E-state index is 15.0. The number of fused-ring (bicyclic) bond motifs is 2. The normalized spacial score (nSPS) is 11.4. The number of aromatic carboxylic acids is 1. The molecule has 5 rings (SSSR count). The largest absolute Gasteiger partial charge is 0.477 e. The topological polar surface area (TPSA) is 72.4 Å². The third-order valence-corrected chi connectivity index (χ3v) is 5.46. The van der Waals surface area contributed by atoms with E-state index in [9.17, 15) is 27.9 Å². The second-order valence-electron chi connectivity index (χ2n) is 7.51. The smallest absolute Gasteiger partial charge is 0.341 e. The van der Waals surface area contributed by atoms with Gasteiger partial charge < -0.3 is 14.1 Å². The zero-order chi connectivity index (χ0) is 23.3. The molecule has 0 spiro atoms. The van der Waals surface area contributed by atoms with Crippen LogP contribution >= 0.6 is 0 Å². The monoisotopic (exact) mass is 449 g/mol. The van der Waals surface area contributed by atoms with Gasteiger partial charge in [-0.2, -0.15) is 0 Å². The highest BCUT2D eigenvalue weighted by atomic mass is 19.1. The van der Waals surface area contributed by atoms with Gasteiger partial charge in [-0.1, -0.05) is 30.3 Å². The van der Waals surface area contributed by atoms with Gasteiger partial charge in [0.15, 0.2) is 0 Å². The van der Waals surface area contributed by atoms with E-state index in [2.05, 4.69) is 0 Å². The summed E-state index contributed by atoms with van der Waals surface area (Å²) in [5.74, 6) is -3.79. The molecule has 0 bridgehead atoms. The number of carboxylic acid groups (broad SMARTS) is 1. The van der Waals surface area contributed by atoms with Crippen molar-refractivity contribution in [1.82, 2.24) is 4.57 Å². The van der Waals surface area contributed by atoms with Gasteiger partial charge >= 0.3 is 5.97 Å².